The Labute approximate surface area is 146 Å². The van der Waals surface area contributed by atoms with Crippen molar-refractivity contribution in [2.45, 2.75) is 18.9 Å². The van der Waals surface area contributed by atoms with Crippen molar-refractivity contribution < 1.29 is 9.21 Å². The molecule has 1 saturated heterocycles. The quantitative estimate of drug-likeness (QED) is 0.777. The summed E-state index contributed by atoms with van der Waals surface area (Å²) in [5.41, 5.74) is 2.48. The third-order valence-electron chi connectivity index (χ3n) is 4.90. The first-order chi connectivity index (χ1) is 12.2. The monoisotopic (exact) mass is 338 g/mol. The van der Waals surface area contributed by atoms with Crippen molar-refractivity contribution in [1.29, 1.82) is 0 Å². The molecule has 1 amide bonds. The van der Waals surface area contributed by atoms with Gasteiger partial charge in [0.25, 0.3) is 5.91 Å². The van der Waals surface area contributed by atoms with Gasteiger partial charge >= 0.3 is 0 Å². The van der Waals surface area contributed by atoms with Gasteiger partial charge in [-0.25, -0.2) is 4.98 Å². The van der Waals surface area contributed by atoms with E-state index in [2.05, 4.69) is 15.2 Å². The van der Waals surface area contributed by atoms with Gasteiger partial charge in [-0.05, 0) is 56.3 Å². The number of carbonyl (C=O) groups is 1. The van der Waals surface area contributed by atoms with Gasteiger partial charge in [0.05, 0.1) is 29.7 Å². The second kappa shape index (κ2) is 6.72. The van der Waals surface area contributed by atoms with E-state index in [4.69, 9.17) is 4.42 Å². The Morgan fingerprint density at radius 2 is 2.16 bits per heavy atom. The first-order valence-corrected chi connectivity index (χ1v) is 8.69. The number of benzene rings is 1. The summed E-state index contributed by atoms with van der Waals surface area (Å²) in [6.07, 6.45) is 5.84. The minimum atomic E-state index is -0.0803. The molecule has 0 radical (unpaired) electrons. The number of fused-ring (bicyclic) bond motifs is 1. The van der Waals surface area contributed by atoms with Crippen LogP contribution in [0.3, 0.4) is 0 Å². The minimum Gasteiger partial charge on any atom is -0.468 e. The highest BCUT2D eigenvalue weighted by Gasteiger charge is 2.26. The molecule has 0 spiro atoms. The number of amides is 1. The van der Waals surface area contributed by atoms with Gasteiger partial charge in [-0.15, -0.1) is 0 Å². The maximum absolute atomic E-state index is 12.6. The Hall–Kier alpha value is -2.60. The fourth-order valence-corrected chi connectivity index (χ4v) is 3.51. The van der Waals surface area contributed by atoms with Crippen LogP contribution in [0.25, 0.3) is 11.0 Å². The maximum Gasteiger partial charge on any atom is 0.251 e. The molecule has 1 aliphatic rings. The number of nitrogens with one attached hydrogen (secondary N) is 1. The predicted molar refractivity (Wildman–Crippen MR) is 95.3 cm³/mol. The van der Waals surface area contributed by atoms with Crippen LogP contribution in [-0.2, 0) is 7.05 Å². The molecule has 1 aromatic carbocycles. The zero-order chi connectivity index (χ0) is 17.2. The molecule has 2 aromatic heterocycles. The summed E-state index contributed by atoms with van der Waals surface area (Å²) in [7, 11) is 1.94. The lowest BCUT2D eigenvalue weighted by atomic mass is 10.1. The summed E-state index contributed by atoms with van der Waals surface area (Å²) >= 11 is 0. The van der Waals surface area contributed by atoms with Crippen LogP contribution in [0.2, 0.25) is 0 Å². The Balaban J connectivity index is 1.48. The number of carbonyl (C=O) groups excluding carboxylic acids is 1. The number of furan rings is 1. The normalized spacial score (nSPS) is 16.4. The van der Waals surface area contributed by atoms with Crippen LogP contribution in [0.1, 0.15) is 35.0 Å². The first-order valence-electron chi connectivity index (χ1n) is 8.69. The summed E-state index contributed by atoms with van der Waals surface area (Å²) in [4.78, 5) is 19.3. The molecule has 4 rings (SSSR count). The van der Waals surface area contributed by atoms with Gasteiger partial charge in [0.1, 0.15) is 5.76 Å². The predicted octanol–water partition coefficient (Wildman–Crippen LogP) is 2.73. The lowest BCUT2D eigenvalue weighted by Crippen LogP contribution is -2.36. The van der Waals surface area contributed by atoms with Crippen molar-refractivity contribution in [3.63, 3.8) is 0 Å². The van der Waals surface area contributed by atoms with Crippen LogP contribution < -0.4 is 5.32 Å². The average molecular weight is 338 g/mol. The van der Waals surface area contributed by atoms with Crippen molar-refractivity contribution in [3.05, 3.63) is 54.2 Å². The molecule has 1 atom stereocenters. The van der Waals surface area contributed by atoms with Crippen molar-refractivity contribution in [3.8, 4) is 0 Å². The summed E-state index contributed by atoms with van der Waals surface area (Å²) in [6, 6.07) is 9.57. The Kier molecular flexibility index (Phi) is 4.28. The first kappa shape index (κ1) is 15.9. The zero-order valence-electron chi connectivity index (χ0n) is 14.3. The number of nitrogens with zero attached hydrogens (tertiary/aromatic N) is 3. The van der Waals surface area contributed by atoms with E-state index >= 15 is 0 Å². The molecular weight excluding hydrogens is 316 g/mol. The smallest absolute Gasteiger partial charge is 0.251 e. The van der Waals surface area contributed by atoms with Gasteiger partial charge < -0.3 is 14.3 Å². The molecule has 1 N–H and O–H groups in total. The molecule has 0 unspecified atom stereocenters. The molecule has 1 fully saturated rings. The van der Waals surface area contributed by atoms with E-state index in [1.807, 2.05) is 41.9 Å². The van der Waals surface area contributed by atoms with Crippen LogP contribution in [0, 0.1) is 0 Å². The summed E-state index contributed by atoms with van der Waals surface area (Å²) < 4.78 is 7.54. The van der Waals surface area contributed by atoms with Crippen molar-refractivity contribution in [2.75, 3.05) is 19.6 Å². The molecule has 6 heteroatoms. The Morgan fingerprint density at radius 1 is 1.32 bits per heavy atom. The number of hydrogen-bond donors (Lipinski definition) is 1. The SMILES string of the molecule is Cn1cnc2cc(C(=O)NC[C@H](c3ccco3)N3CCCC3)ccc21. The molecule has 3 aromatic rings. The van der Waals surface area contributed by atoms with Crippen molar-refractivity contribution in [1.82, 2.24) is 19.8 Å². The second-order valence-electron chi connectivity index (χ2n) is 6.54. The summed E-state index contributed by atoms with van der Waals surface area (Å²) in [5.74, 6) is 0.825. The van der Waals surface area contributed by atoms with Gasteiger partial charge in [0.15, 0.2) is 0 Å². The molecule has 3 heterocycles. The molecule has 0 saturated carbocycles. The molecule has 25 heavy (non-hydrogen) atoms. The third-order valence-corrected chi connectivity index (χ3v) is 4.90. The van der Waals surface area contributed by atoms with Crippen molar-refractivity contribution in [2.24, 2.45) is 7.05 Å². The van der Waals surface area contributed by atoms with E-state index in [9.17, 15) is 4.79 Å². The van der Waals surface area contributed by atoms with Gasteiger partial charge in [0, 0.05) is 19.2 Å². The highest BCUT2D eigenvalue weighted by Crippen LogP contribution is 2.25. The fourth-order valence-electron chi connectivity index (χ4n) is 3.51. The van der Waals surface area contributed by atoms with E-state index in [-0.39, 0.29) is 11.9 Å². The number of hydrogen-bond acceptors (Lipinski definition) is 4. The molecular formula is C19H22N4O2. The Morgan fingerprint density at radius 3 is 2.92 bits per heavy atom. The number of aromatic nitrogens is 2. The average Bonchev–Trinajstić information content (AvgIpc) is 3.37. The van der Waals surface area contributed by atoms with Crippen molar-refractivity contribution >= 4 is 16.9 Å². The van der Waals surface area contributed by atoms with Crippen LogP contribution in [-0.4, -0.2) is 40.0 Å². The lowest BCUT2D eigenvalue weighted by molar-refractivity contribution is 0.0934. The highest BCUT2D eigenvalue weighted by molar-refractivity contribution is 5.97. The van der Waals surface area contributed by atoms with E-state index in [1.54, 1.807) is 12.6 Å². The zero-order valence-corrected chi connectivity index (χ0v) is 14.3. The van der Waals surface area contributed by atoms with Crippen LogP contribution in [0.15, 0.2) is 47.3 Å². The molecule has 130 valence electrons. The number of imidazole rings is 1. The number of aryl methyl sites for hydroxylation is 1. The van der Waals surface area contributed by atoms with Gasteiger partial charge in [-0.2, -0.15) is 0 Å². The van der Waals surface area contributed by atoms with Crippen LogP contribution in [0.5, 0.6) is 0 Å². The standard InChI is InChI=1S/C19H22N4O2/c1-22-13-21-15-11-14(6-7-16(15)22)19(24)20-12-17(18-5-4-10-25-18)23-8-2-3-9-23/h4-7,10-11,13,17H,2-3,8-9,12H2,1H3,(H,20,24)/t17-/m1/s1. The van der Waals surface area contributed by atoms with Gasteiger partial charge in [-0.1, -0.05) is 0 Å². The Bertz CT molecular complexity index is 863. The van der Waals surface area contributed by atoms with Crippen LogP contribution in [0.4, 0.5) is 0 Å². The van der Waals surface area contributed by atoms with E-state index in [0.717, 1.165) is 29.9 Å². The van der Waals surface area contributed by atoms with Gasteiger partial charge in [-0.3, -0.25) is 9.69 Å². The summed E-state index contributed by atoms with van der Waals surface area (Å²) in [5, 5.41) is 3.06. The van der Waals surface area contributed by atoms with E-state index in [0.29, 0.717) is 12.1 Å². The fraction of sp³-hybridized carbons (Fsp3) is 0.368. The second-order valence-corrected chi connectivity index (χ2v) is 6.54. The number of rotatable bonds is 5. The van der Waals surface area contributed by atoms with Gasteiger partial charge in [0.2, 0.25) is 0 Å². The number of likely N-dealkylation sites (tertiary alicyclic amines) is 1. The van der Waals surface area contributed by atoms with Crippen LogP contribution >= 0.6 is 0 Å². The molecule has 1 aliphatic heterocycles. The minimum absolute atomic E-state index is 0.0803. The molecule has 0 aliphatic carbocycles. The maximum atomic E-state index is 12.6. The highest BCUT2D eigenvalue weighted by atomic mass is 16.3. The molecule has 0 bridgehead atoms. The largest absolute Gasteiger partial charge is 0.468 e. The topological polar surface area (TPSA) is 63.3 Å². The van der Waals surface area contributed by atoms with E-state index in [1.165, 1.54) is 12.8 Å². The summed E-state index contributed by atoms with van der Waals surface area (Å²) in [6.45, 7) is 2.62. The molecule has 6 nitrogen and oxygen atoms in total. The lowest BCUT2D eigenvalue weighted by Gasteiger charge is -2.26. The van der Waals surface area contributed by atoms with E-state index < -0.39 is 0 Å². The third kappa shape index (κ3) is 3.17.